The summed E-state index contributed by atoms with van der Waals surface area (Å²) in [6.45, 7) is 2.69. The number of carbonyl (C=O) groups excluding carboxylic acids is 1. The zero-order valence-corrected chi connectivity index (χ0v) is 12.1. The number of aliphatic hydroxyl groups is 1. The van der Waals surface area contributed by atoms with Gasteiger partial charge in [-0.2, -0.15) is 0 Å². The third-order valence-corrected chi connectivity index (χ3v) is 3.01. The van der Waals surface area contributed by atoms with Crippen LogP contribution in [-0.2, 0) is 11.2 Å². The fraction of sp³-hybridized carbons (Fsp3) is 0.533. The first-order chi connectivity index (χ1) is 9.65. The van der Waals surface area contributed by atoms with Crippen LogP contribution in [0.15, 0.2) is 30.3 Å². The number of carbonyl (C=O) groups is 1. The highest BCUT2D eigenvalue weighted by atomic mass is 16.5. The molecule has 3 N–H and O–H groups in total. The molecule has 112 valence electrons. The number of rotatable bonds is 8. The minimum Gasteiger partial charge on any atom is -0.391 e. The number of amides is 2. The van der Waals surface area contributed by atoms with Crippen molar-refractivity contribution in [2.45, 2.75) is 31.9 Å². The minimum atomic E-state index is -0.592. The first kappa shape index (κ1) is 16.5. The molecule has 0 aromatic heterocycles. The third-order valence-electron chi connectivity index (χ3n) is 3.01. The fourth-order valence-corrected chi connectivity index (χ4v) is 1.87. The van der Waals surface area contributed by atoms with Crippen LogP contribution >= 0.6 is 0 Å². The van der Waals surface area contributed by atoms with Crippen LogP contribution in [0.1, 0.15) is 18.9 Å². The van der Waals surface area contributed by atoms with Crippen molar-refractivity contribution in [1.82, 2.24) is 10.6 Å². The van der Waals surface area contributed by atoms with E-state index in [1.165, 1.54) is 0 Å². The highest BCUT2D eigenvalue weighted by molar-refractivity contribution is 5.74. The van der Waals surface area contributed by atoms with Crippen LogP contribution in [0.25, 0.3) is 0 Å². The van der Waals surface area contributed by atoms with E-state index in [2.05, 4.69) is 10.6 Å². The Morgan fingerprint density at radius 3 is 2.65 bits per heavy atom. The summed E-state index contributed by atoms with van der Waals surface area (Å²) in [7, 11) is 1.60. The van der Waals surface area contributed by atoms with Gasteiger partial charge in [0.2, 0.25) is 0 Å². The first-order valence-electron chi connectivity index (χ1n) is 6.91. The van der Waals surface area contributed by atoms with Gasteiger partial charge < -0.3 is 20.5 Å². The highest BCUT2D eigenvalue weighted by Gasteiger charge is 2.11. The van der Waals surface area contributed by atoms with Gasteiger partial charge in [0, 0.05) is 20.1 Å². The molecule has 1 aromatic rings. The molecule has 0 aliphatic carbocycles. The summed E-state index contributed by atoms with van der Waals surface area (Å²) in [5.74, 6) is 0. The molecule has 0 bridgehead atoms. The molecule has 0 saturated carbocycles. The second kappa shape index (κ2) is 9.34. The lowest BCUT2D eigenvalue weighted by molar-refractivity contribution is 0.157. The van der Waals surface area contributed by atoms with Crippen LogP contribution in [0.5, 0.6) is 0 Å². The Bertz CT molecular complexity index is 384. The zero-order chi connectivity index (χ0) is 14.8. The molecule has 5 heteroatoms. The molecule has 2 atom stereocenters. The Morgan fingerprint density at radius 1 is 1.35 bits per heavy atom. The molecule has 1 rings (SSSR count). The van der Waals surface area contributed by atoms with Crippen LogP contribution in [0.3, 0.4) is 0 Å². The quantitative estimate of drug-likeness (QED) is 0.672. The summed E-state index contributed by atoms with van der Waals surface area (Å²) in [5, 5.41) is 15.3. The zero-order valence-electron chi connectivity index (χ0n) is 12.1. The number of urea groups is 1. The molecule has 0 spiro atoms. The lowest BCUT2D eigenvalue weighted by Crippen LogP contribution is -2.46. The second-order valence-corrected chi connectivity index (χ2v) is 4.76. The summed E-state index contributed by atoms with van der Waals surface area (Å²) in [6.07, 6.45) is 0.732. The Balaban J connectivity index is 2.26. The van der Waals surface area contributed by atoms with Gasteiger partial charge in [0.25, 0.3) is 0 Å². The Labute approximate surface area is 120 Å². The first-order valence-corrected chi connectivity index (χ1v) is 6.91. The van der Waals surface area contributed by atoms with E-state index in [1.807, 2.05) is 37.3 Å². The van der Waals surface area contributed by atoms with Gasteiger partial charge in [-0.1, -0.05) is 37.3 Å². The SMILES string of the molecule is CCC(COC)NC(=O)NCC(O)Cc1ccccc1. The van der Waals surface area contributed by atoms with Crippen molar-refractivity contribution in [1.29, 1.82) is 0 Å². The van der Waals surface area contributed by atoms with Crippen LogP contribution < -0.4 is 10.6 Å². The number of methoxy groups -OCH3 is 1. The third kappa shape index (κ3) is 6.54. The lowest BCUT2D eigenvalue weighted by Gasteiger charge is -2.17. The van der Waals surface area contributed by atoms with Gasteiger partial charge in [-0.15, -0.1) is 0 Å². The molecular weight excluding hydrogens is 256 g/mol. The van der Waals surface area contributed by atoms with Crippen molar-refractivity contribution in [3.8, 4) is 0 Å². The number of aliphatic hydroxyl groups excluding tert-OH is 1. The summed E-state index contributed by atoms with van der Waals surface area (Å²) in [4.78, 5) is 11.7. The molecule has 20 heavy (non-hydrogen) atoms. The van der Waals surface area contributed by atoms with Crippen LogP contribution in [0.2, 0.25) is 0 Å². The van der Waals surface area contributed by atoms with Crippen LogP contribution in [0.4, 0.5) is 4.79 Å². The molecular formula is C15H24N2O3. The van der Waals surface area contributed by atoms with Gasteiger partial charge in [0.1, 0.15) is 0 Å². The van der Waals surface area contributed by atoms with Crippen molar-refractivity contribution in [3.05, 3.63) is 35.9 Å². The molecule has 0 fully saturated rings. The smallest absolute Gasteiger partial charge is 0.315 e. The monoisotopic (exact) mass is 280 g/mol. The standard InChI is InChI=1S/C15H24N2O3/c1-3-13(11-20-2)17-15(19)16-10-14(18)9-12-7-5-4-6-8-12/h4-8,13-14,18H,3,9-11H2,1-2H3,(H2,16,17,19). The van der Waals surface area contributed by atoms with E-state index in [-0.39, 0.29) is 18.6 Å². The van der Waals surface area contributed by atoms with Crippen LogP contribution in [-0.4, -0.2) is 43.5 Å². The molecule has 2 amide bonds. The second-order valence-electron chi connectivity index (χ2n) is 4.76. The molecule has 0 aliphatic rings. The van der Waals surface area contributed by atoms with Gasteiger partial charge in [-0.25, -0.2) is 4.79 Å². The van der Waals surface area contributed by atoms with E-state index in [1.54, 1.807) is 7.11 Å². The average molecular weight is 280 g/mol. The van der Waals surface area contributed by atoms with E-state index < -0.39 is 6.10 Å². The van der Waals surface area contributed by atoms with Gasteiger partial charge in [-0.3, -0.25) is 0 Å². The number of nitrogens with one attached hydrogen (secondary N) is 2. The number of hydrogen-bond acceptors (Lipinski definition) is 3. The lowest BCUT2D eigenvalue weighted by atomic mass is 10.1. The van der Waals surface area contributed by atoms with E-state index in [0.29, 0.717) is 13.0 Å². The van der Waals surface area contributed by atoms with Gasteiger partial charge in [-0.05, 0) is 12.0 Å². The highest BCUT2D eigenvalue weighted by Crippen LogP contribution is 2.02. The molecule has 1 aromatic carbocycles. The van der Waals surface area contributed by atoms with Gasteiger partial charge in [0.05, 0.1) is 18.8 Å². The van der Waals surface area contributed by atoms with Crippen molar-refractivity contribution >= 4 is 6.03 Å². The molecule has 5 nitrogen and oxygen atoms in total. The van der Waals surface area contributed by atoms with Crippen molar-refractivity contribution in [2.24, 2.45) is 0 Å². The van der Waals surface area contributed by atoms with Crippen molar-refractivity contribution in [2.75, 3.05) is 20.3 Å². The van der Waals surface area contributed by atoms with E-state index in [9.17, 15) is 9.90 Å². The van der Waals surface area contributed by atoms with E-state index in [4.69, 9.17) is 4.74 Å². The summed E-state index contributed by atoms with van der Waals surface area (Å²) >= 11 is 0. The number of benzene rings is 1. The largest absolute Gasteiger partial charge is 0.391 e. The summed E-state index contributed by atoms with van der Waals surface area (Å²) < 4.78 is 5.01. The van der Waals surface area contributed by atoms with Crippen molar-refractivity contribution < 1.29 is 14.6 Å². The van der Waals surface area contributed by atoms with Gasteiger partial charge >= 0.3 is 6.03 Å². The topological polar surface area (TPSA) is 70.6 Å². The Hall–Kier alpha value is -1.59. The predicted molar refractivity (Wildman–Crippen MR) is 78.6 cm³/mol. The molecule has 0 aliphatic heterocycles. The Kier molecular flexibility index (Phi) is 7.69. The van der Waals surface area contributed by atoms with Crippen molar-refractivity contribution in [3.63, 3.8) is 0 Å². The maximum Gasteiger partial charge on any atom is 0.315 e. The van der Waals surface area contributed by atoms with Gasteiger partial charge in [0.15, 0.2) is 0 Å². The maximum atomic E-state index is 11.7. The fourth-order valence-electron chi connectivity index (χ4n) is 1.87. The number of ether oxygens (including phenoxy) is 1. The van der Waals surface area contributed by atoms with E-state index in [0.717, 1.165) is 12.0 Å². The molecule has 0 saturated heterocycles. The molecule has 2 unspecified atom stereocenters. The number of hydrogen-bond donors (Lipinski definition) is 3. The Morgan fingerprint density at radius 2 is 2.05 bits per heavy atom. The normalized spacial score (nSPS) is 13.6. The maximum absolute atomic E-state index is 11.7. The summed E-state index contributed by atoms with van der Waals surface area (Å²) in [6, 6.07) is 9.41. The minimum absolute atomic E-state index is 0.00809. The molecule has 0 radical (unpaired) electrons. The van der Waals surface area contributed by atoms with Crippen LogP contribution in [0, 0.1) is 0 Å². The molecule has 0 heterocycles. The average Bonchev–Trinajstić information content (AvgIpc) is 2.45. The van der Waals surface area contributed by atoms with E-state index >= 15 is 0 Å². The predicted octanol–water partition coefficient (Wildman–Crippen LogP) is 1.31. The summed E-state index contributed by atoms with van der Waals surface area (Å²) in [5.41, 5.74) is 1.05.